The topological polar surface area (TPSA) is 70.6 Å². The molecule has 3 aromatic rings. The molecular formula is C21H16ClN3O2S. The van der Waals surface area contributed by atoms with Crippen LogP contribution in [0.5, 0.6) is 0 Å². The van der Waals surface area contributed by atoms with Gasteiger partial charge in [0, 0.05) is 22.5 Å². The van der Waals surface area contributed by atoms with Crippen molar-refractivity contribution in [3.63, 3.8) is 0 Å². The van der Waals surface area contributed by atoms with E-state index in [4.69, 9.17) is 11.6 Å². The van der Waals surface area contributed by atoms with Gasteiger partial charge in [-0.2, -0.15) is 0 Å². The molecule has 3 aromatic carbocycles. The monoisotopic (exact) mass is 409 g/mol. The summed E-state index contributed by atoms with van der Waals surface area (Å²) in [6.45, 7) is 0. The summed E-state index contributed by atoms with van der Waals surface area (Å²) in [6.07, 6.45) is 0.0688. The molecule has 4 rings (SSSR count). The van der Waals surface area contributed by atoms with Crippen molar-refractivity contribution in [3.05, 3.63) is 71.8 Å². The van der Waals surface area contributed by atoms with E-state index < -0.39 is 5.25 Å². The Labute approximate surface area is 171 Å². The molecule has 28 heavy (non-hydrogen) atoms. The lowest BCUT2D eigenvalue weighted by molar-refractivity contribution is -0.122. The standard InChI is InChI=1S/C21H16ClN3O2S/c22-14-8-10-15(11-9-14)23-21-25-20(27)18(28-21)12-19(26)24-17-7-3-5-13-4-1-2-6-16(13)17/h1-11,18H,12H2,(H,24,26)(H,23,25,27)/t18-/m0/s1. The van der Waals surface area contributed by atoms with E-state index >= 15 is 0 Å². The summed E-state index contributed by atoms with van der Waals surface area (Å²) >= 11 is 7.12. The molecule has 1 aliphatic rings. The van der Waals surface area contributed by atoms with Crippen molar-refractivity contribution in [3.8, 4) is 0 Å². The number of hydrogen-bond acceptors (Lipinski definition) is 4. The lowest BCUT2D eigenvalue weighted by Crippen LogP contribution is -2.28. The molecule has 1 aliphatic heterocycles. The Morgan fingerprint density at radius 1 is 1.07 bits per heavy atom. The molecule has 5 nitrogen and oxygen atoms in total. The van der Waals surface area contributed by atoms with Crippen LogP contribution in [0.2, 0.25) is 5.02 Å². The lowest BCUT2D eigenvalue weighted by Gasteiger charge is -2.10. The van der Waals surface area contributed by atoms with Crippen molar-refractivity contribution in [1.29, 1.82) is 0 Å². The molecule has 0 unspecified atom stereocenters. The van der Waals surface area contributed by atoms with Gasteiger partial charge in [0.25, 0.3) is 0 Å². The molecule has 7 heteroatoms. The van der Waals surface area contributed by atoms with E-state index in [0.29, 0.717) is 15.9 Å². The van der Waals surface area contributed by atoms with Crippen LogP contribution < -0.4 is 10.6 Å². The SMILES string of the molecule is O=C(C[C@@H]1SC(=Nc2ccc(Cl)cc2)NC1=O)Nc1cccc2ccccc12. The highest BCUT2D eigenvalue weighted by Crippen LogP contribution is 2.27. The number of benzene rings is 3. The lowest BCUT2D eigenvalue weighted by atomic mass is 10.1. The number of anilines is 1. The molecule has 0 spiro atoms. The first-order valence-corrected chi connectivity index (χ1v) is 9.94. The van der Waals surface area contributed by atoms with Crippen molar-refractivity contribution < 1.29 is 9.59 Å². The summed E-state index contributed by atoms with van der Waals surface area (Å²) in [7, 11) is 0. The first-order valence-electron chi connectivity index (χ1n) is 8.68. The second-order valence-electron chi connectivity index (χ2n) is 6.27. The summed E-state index contributed by atoms with van der Waals surface area (Å²) in [5.41, 5.74) is 1.43. The number of fused-ring (bicyclic) bond motifs is 1. The zero-order valence-corrected chi connectivity index (χ0v) is 16.3. The number of halogens is 1. The number of amides is 2. The molecule has 0 aromatic heterocycles. The van der Waals surface area contributed by atoms with Gasteiger partial charge in [-0.05, 0) is 35.7 Å². The number of nitrogens with zero attached hydrogens (tertiary/aromatic N) is 1. The summed E-state index contributed by atoms with van der Waals surface area (Å²) in [5, 5.41) is 8.24. The first-order chi connectivity index (χ1) is 13.6. The normalized spacial score (nSPS) is 17.7. The van der Waals surface area contributed by atoms with Crippen molar-refractivity contribution in [2.75, 3.05) is 5.32 Å². The minimum Gasteiger partial charge on any atom is -0.325 e. The molecule has 1 fully saturated rings. The zero-order valence-electron chi connectivity index (χ0n) is 14.7. The predicted octanol–water partition coefficient (Wildman–Crippen LogP) is 4.74. The van der Waals surface area contributed by atoms with Crippen LogP contribution in [0.3, 0.4) is 0 Å². The average Bonchev–Trinajstić information content (AvgIpc) is 3.02. The summed E-state index contributed by atoms with van der Waals surface area (Å²) < 4.78 is 0. The average molecular weight is 410 g/mol. The van der Waals surface area contributed by atoms with Crippen LogP contribution in [0.25, 0.3) is 10.8 Å². The van der Waals surface area contributed by atoms with Gasteiger partial charge in [-0.25, -0.2) is 4.99 Å². The molecule has 1 atom stereocenters. The number of rotatable bonds is 4. The number of amidine groups is 1. The van der Waals surface area contributed by atoms with Crippen LogP contribution in [0, 0.1) is 0 Å². The summed E-state index contributed by atoms with van der Waals surface area (Å²) in [4.78, 5) is 29.1. The Hall–Kier alpha value is -2.83. The van der Waals surface area contributed by atoms with Crippen molar-refractivity contribution >= 4 is 62.5 Å². The third-order valence-corrected chi connectivity index (χ3v) is 5.60. The highest BCUT2D eigenvalue weighted by atomic mass is 35.5. The fourth-order valence-electron chi connectivity index (χ4n) is 2.93. The Morgan fingerprint density at radius 3 is 2.64 bits per heavy atom. The minimum atomic E-state index is -0.513. The Morgan fingerprint density at radius 2 is 1.82 bits per heavy atom. The van der Waals surface area contributed by atoms with Crippen LogP contribution >= 0.6 is 23.4 Å². The Balaban J connectivity index is 1.43. The van der Waals surface area contributed by atoms with Gasteiger partial charge >= 0.3 is 0 Å². The van der Waals surface area contributed by atoms with Gasteiger partial charge in [-0.3, -0.25) is 9.59 Å². The van der Waals surface area contributed by atoms with Gasteiger partial charge < -0.3 is 10.6 Å². The van der Waals surface area contributed by atoms with Gasteiger partial charge in [0.1, 0.15) is 5.25 Å². The molecule has 0 aliphatic carbocycles. The molecule has 0 bridgehead atoms. The Kier molecular flexibility index (Phi) is 5.32. The molecule has 1 saturated heterocycles. The van der Waals surface area contributed by atoms with Gasteiger partial charge in [0.05, 0.1) is 5.69 Å². The highest BCUT2D eigenvalue weighted by Gasteiger charge is 2.32. The third-order valence-electron chi connectivity index (χ3n) is 4.27. The number of hydrogen-bond donors (Lipinski definition) is 2. The second-order valence-corrected chi connectivity index (χ2v) is 7.90. The van der Waals surface area contributed by atoms with Crippen LogP contribution in [-0.4, -0.2) is 22.2 Å². The van der Waals surface area contributed by atoms with E-state index in [9.17, 15) is 9.59 Å². The van der Waals surface area contributed by atoms with E-state index in [-0.39, 0.29) is 18.2 Å². The zero-order chi connectivity index (χ0) is 19.5. The molecule has 2 N–H and O–H groups in total. The van der Waals surface area contributed by atoms with Crippen LogP contribution in [0.15, 0.2) is 71.7 Å². The quantitative estimate of drug-likeness (QED) is 0.653. The molecular weight excluding hydrogens is 394 g/mol. The number of carbonyl (C=O) groups is 2. The van der Waals surface area contributed by atoms with Gasteiger partial charge in [0.15, 0.2) is 5.17 Å². The highest BCUT2D eigenvalue weighted by molar-refractivity contribution is 8.15. The molecule has 2 amide bonds. The summed E-state index contributed by atoms with van der Waals surface area (Å²) in [5.74, 6) is -0.428. The van der Waals surface area contributed by atoms with E-state index in [1.807, 2.05) is 42.5 Å². The Bertz CT molecular complexity index is 1080. The first kappa shape index (κ1) is 18.5. The minimum absolute atomic E-state index is 0.0688. The van der Waals surface area contributed by atoms with Gasteiger partial charge in [-0.15, -0.1) is 0 Å². The second kappa shape index (κ2) is 8.04. The fourth-order valence-corrected chi connectivity index (χ4v) is 4.04. The predicted molar refractivity (Wildman–Crippen MR) is 115 cm³/mol. The van der Waals surface area contributed by atoms with E-state index in [2.05, 4.69) is 15.6 Å². The number of nitrogens with one attached hydrogen (secondary N) is 2. The summed E-state index contributed by atoms with van der Waals surface area (Å²) in [6, 6.07) is 20.6. The maximum absolute atomic E-state index is 12.5. The number of aliphatic imine (C=N–C) groups is 1. The largest absolute Gasteiger partial charge is 0.325 e. The molecule has 140 valence electrons. The maximum Gasteiger partial charge on any atom is 0.240 e. The fraction of sp³-hybridized carbons (Fsp3) is 0.0952. The smallest absolute Gasteiger partial charge is 0.240 e. The van der Waals surface area contributed by atoms with Crippen LogP contribution in [0.4, 0.5) is 11.4 Å². The number of carbonyl (C=O) groups excluding carboxylic acids is 2. The van der Waals surface area contributed by atoms with Crippen LogP contribution in [-0.2, 0) is 9.59 Å². The van der Waals surface area contributed by atoms with E-state index in [1.54, 1.807) is 24.3 Å². The molecule has 0 radical (unpaired) electrons. The maximum atomic E-state index is 12.5. The van der Waals surface area contributed by atoms with Crippen molar-refractivity contribution in [2.45, 2.75) is 11.7 Å². The van der Waals surface area contributed by atoms with E-state index in [0.717, 1.165) is 16.5 Å². The van der Waals surface area contributed by atoms with E-state index in [1.165, 1.54) is 11.8 Å². The number of thioether (sulfide) groups is 1. The molecule has 1 heterocycles. The van der Waals surface area contributed by atoms with Crippen LogP contribution in [0.1, 0.15) is 6.42 Å². The van der Waals surface area contributed by atoms with Crippen molar-refractivity contribution in [2.24, 2.45) is 4.99 Å². The molecule has 0 saturated carbocycles. The van der Waals surface area contributed by atoms with Gasteiger partial charge in [0.2, 0.25) is 11.8 Å². The third kappa shape index (κ3) is 4.18. The van der Waals surface area contributed by atoms with Crippen molar-refractivity contribution in [1.82, 2.24) is 5.32 Å². The van der Waals surface area contributed by atoms with Gasteiger partial charge in [-0.1, -0.05) is 59.8 Å².